The summed E-state index contributed by atoms with van der Waals surface area (Å²) in [6.07, 6.45) is 0. The van der Waals surface area contributed by atoms with Crippen molar-refractivity contribution in [2.75, 3.05) is 0 Å². The molecule has 0 rings (SSSR count). The van der Waals surface area contributed by atoms with E-state index in [0.29, 0.717) is 0 Å². The van der Waals surface area contributed by atoms with Crippen LogP contribution in [0.5, 0.6) is 0 Å². The van der Waals surface area contributed by atoms with Crippen molar-refractivity contribution in [2.45, 2.75) is 0 Å². The second kappa shape index (κ2) is 47.7. The predicted molar refractivity (Wildman–Crippen MR) is 18.5 cm³/mol. The third kappa shape index (κ3) is 29.1. The first-order chi connectivity index (χ1) is 0. The molecule has 0 N–H and O–H groups in total. The Hall–Kier alpha value is 1.55. The molecule has 0 atom stereocenters. The zero-order chi connectivity index (χ0) is 0. The van der Waals surface area contributed by atoms with Crippen molar-refractivity contribution in [3.05, 3.63) is 0 Å². The number of hydrogen-bond acceptors (Lipinski definition) is 0. The van der Waals surface area contributed by atoms with Crippen molar-refractivity contribution >= 4 is 28.3 Å². The van der Waals surface area contributed by atoms with E-state index in [-0.39, 0.29) is 65.5 Å². The molecule has 2 nitrogen and oxygen atoms in total. The SMILES string of the molecule is [Al].[O-2].[O-2].[SiH4].[Zr+4]. The third-order valence-electron chi connectivity index (χ3n) is 0. The first-order valence-electron chi connectivity index (χ1n) is 0. The van der Waals surface area contributed by atoms with Crippen LogP contribution >= 0.6 is 0 Å². The Bertz CT molecular complexity index is 9.61. The van der Waals surface area contributed by atoms with Gasteiger partial charge in [0, 0.05) is 17.4 Å². The van der Waals surface area contributed by atoms with Gasteiger partial charge in [-0.3, -0.25) is 0 Å². The van der Waals surface area contributed by atoms with Crippen molar-refractivity contribution in [1.82, 2.24) is 0 Å². The van der Waals surface area contributed by atoms with Gasteiger partial charge in [0.2, 0.25) is 0 Å². The smallest absolute Gasteiger partial charge is 2.00 e. The molecule has 3 radical (unpaired) electrons. The molecule has 0 amide bonds. The van der Waals surface area contributed by atoms with Crippen LogP contribution in [0.4, 0.5) is 0 Å². The first-order valence-corrected chi connectivity index (χ1v) is 0. The Balaban J connectivity index is 0. The fraction of sp³-hybridized carbons (Fsp3) is 0. The summed E-state index contributed by atoms with van der Waals surface area (Å²) in [6, 6.07) is 0. The molecule has 0 fully saturated rings. The zero-order valence-electron chi connectivity index (χ0n) is 1.89. The molecule has 0 aromatic heterocycles. The van der Waals surface area contributed by atoms with E-state index >= 15 is 0 Å². The van der Waals surface area contributed by atoms with Crippen LogP contribution in [0, 0.1) is 0 Å². The molecule has 0 aromatic carbocycles. The van der Waals surface area contributed by atoms with Crippen molar-refractivity contribution in [1.29, 1.82) is 0 Å². The van der Waals surface area contributed by atoms with E-state index in [2.05, 4.69) is 0 Å². The van der Waals surface area contributed by atoms with E-state index in [0.717, 1.165) is 0 Å². The van der Waals surface area contributed by atoms with Gasteiger partial charge in [0.15, 0.2) is 0 Å². The molecule has 0 aliphatic rings. The zero-order valence-corrected chi connectivity index (χ0v) is 5.51. The van der Waals surface area contributed by atoms with Gasteiger partial charge in [-0.25, -0.2) is 0 Å². The van der Waals surface area contributed by atoms with Gasteiger partial charge in [-0.1, -0.05) is 0 Å². The van der Waals surface area contributed by atoms with Crippen LogP contribution in [0.1, 0.15) is 0 Å². The summed E-state index contributed by atoms with van der Waals surface area (Å²) >= 11 is 0. The summed E-state index contributed by atoms with van der Waals surface area (Å²) in [6.45, 7) is 0. The minimum atomic E-state index is 0. The second-order valence-electron chi connectivity index (χ2n) is 0. The molecule has 5 heavy (non-hydrogen) atoms. The maximum absolute atomic E-state index is 0. The molecule has 0 bridgehead atoms. The Morgan fingerprint density at radius 2 is 0.800 bits per heavy atom. The normalized spacial score (nSPS) is 0. The van der Waals surface area contributed by atoms with Crippen LogP contribution in [0.2, 0.25) is 0 Å². The summed E-state index contributed by atoms with van der Waals surface area (Å²) in [5, 5.41) is 0. The van der Waals surface area contributed by atoms with E-state index in [4.69, 9.17) is 0 Å². The summed E-state index contributed by atoms with van der Waals surface area (Å²) < 4.78 is 0. The van der Waals surface area contributed by atoms with Crippen LogP contribution in [0.25, 0.3) is 0 Å². The van der Waals surface area contributed by atoms with E-state index in [1.807, 2.05) is 0 Å². The maximum Gasteiger partial charge on any atom is 4.00 e. The molecular formula is H4AlO2SiZr. The van der Waals surface area contributed by atoms with Crippen LogP contribution in [-0.2, 0) is 37.2 Å². The Kier molecular flexibility index (Phi) is 800. The van der Waals surface area contributed by atoms with Gasteiger partial charge >= 0.3 is 26.2 Å². The van der Waals surface area contributed by atoms with Gasteiger partial charge in [0.05, 0.1) is 0 Å². The van der Waals surface area contributed by atoms with Crippen LogP contribution < -0.4 is 0 Å². The Labute approximate surface area is 65.2 Å². The van der Waals surface area contributed by atoms with E-state index in [1.54, 1.807) is 0 Å². The fourth-order valence-corrected chi connectivity index (χ4v) is 0. The summed E-state index contributed by atoms with van der Waals surface area (Å²) in [5.41, 5.74) is 0. The first kappa shape index (κ1) is 83.8. The van der Waals surface area contributed by atoms with Crippen LogP contribution in [0.3, 0.4) is 0 Å². The summed E-state index contributed by atoms with van der Waals surface area (Å²) in [7, 11) is 0. The molecule has 0 unspecified atom stereocenters. The standard InChI is InChI=1S/Al.2O.H4Si.Zr/h;;;1H4;/q;2*-2;;+4. The van der Waals surface area contributed by atoms with Gasteiger partial charge in [0.25, 0.3) is 0 Å². The third-order valence-corrected chi connectivity index (χ3v) is 0. The molecule has 0 aliphatic heterocycles. The largest absolute Gasteiger partial charge is 4.00 e. The van der Waals surface area contributed by atoms with Gasteiger partial charge in [-0.05, 0) is 11.0 Å². The van der Waals surface area contributed by atoms with Gasteiger partial charge in [-0.15, -0.1) is 0 Å². The maximum atomic E-state index is 0. The summed E-state index contributed by atoms with van der Waals surface area (Å²) in [5.74, 6) is 0. The minimum absolute atomic E-state index is 0. The van der Waals surface area contributed by atoms with Crippen molar-refractivity contribution in [2.24, 2.45) is 0 Å². The topological polar surface area (TPSA) is 57.0 Å². The average molecular weight is 182 g/mol. The van der Waals surface area contributed by atoms with Crippen LogP contribution in [0.15, 0.2) is 0 Å². The van der Waals surface area contributed by atoms with Crippen LogP contribution in [-0.4, -0.2) is 28.3 Å². The van der Waals surface area contributed by atoms with E-state index in [9.17, 15) is 0 Å². The van der Waals surface area contributed by atoms with E-state index in [1.165, 1.54) is 0 Å². The monoisotopic (exact) mass is 181 g/mol. The molecule has 0 heterocycles. The Morgan fingerprint density at radius 1 is 0.800 bits per heavy atom. The molecule has 0 aromatic rings. The van der Waals surface area contributed by atoms with E-state index < -0.39 is 0 Å². The summed E-state index contributed by atoms with van der Waals surface area (Å²) in [4.78, 5) is 0. The fourth-order valence-electron chi connectivity index (χ4n) is 0. The van der Waals surface area contributed by atoms with Gasteiger partial charge in [-0.2, -0.15) is 0 Å². The molecule has 0 spiro atoms. The molecule has 5 heteroatoms. The number of hydrogen-bond donors (Lipinski definition) is 0. The van der Waals surface area contributed by atoms with Crippen molar-refractivity contribution < 1.29 is 37.2 Å². The molecule has 27 valence electrons. The molecule has 0 saturated heterocycles. The van der Waals surface area contributed by atoms with Gasteiger partial charge < -0.3 is 11.0 Å². The van der Waals surface area contributed by atoms with Gasteiger partial charge in [0.1, 0.15) is 0 Å². The minimum Gasteiger partial charge on any atom is -2.00 e. The quantitative estimate of drug-likeness (QED) is 0.386. The molecule has 0 aliphatic carbocycles. The second-order valence-corrected chi connectivity index (χ2v) is 0. The molecular weight excluding hydrogens is 178 g/mol. The average Bonchev–Trinajstić information content (AvgIpc) is 0. The Morgan fingerprint density at radius 3 is 0.800 bits per heavy atom. The predicted octanol–water partition coefficient (Wildman–Crippen LogP) is -2.07. The van der Waals surface area contributed by atoms with Crippen molar-refractivity contribution in [3.8, 4) is 0 Å². The number of rotatable bonds is 0. The molecule has 0 saturated carbocycles. The van der Waals surface area contributed by atoms with Crippen molar-refractivity contribution in [3.63, 3.8) is 0 Å².